The zero-order chi connectivity index (χ0) is 9.10. The van der Waals surface area contributed by atoms with Crippen LogP contribution in [-0.4, -0.2) is 36.6 Å². The molecule has 0 radical (unpaired) electrons. The van der Waals surface area contributed by atoms with E-state index >= 15 is 0 Å². The van der Waals surface area contributed by atoms with Crippen molar-refractivity contribution < 1.29 is 0 Å². The number of piperidine rings is 1. The van der Waals surface area contributed by atoms with Crippen LogP contribution in [0, 0.1) is 0 Å². The molecule has 2 aliphatic rings. The lowest BCUT2D eigenvalue weighted by molar-refractivity contribution is 0.149. The molecule has 2 saturated heterocycles. The van der Waals surface area contributed by atoms with Crippen LogP contribution >= 0.6 is 0 Å². The molecule has 13 heavy (non-hydrogen) atoms. The highest BCUT2D eigenvalue weighted by molar-refractivity contribution is 4.90. The normalized spacial score (nSPS) is 36.7. The minimum atomic E-state index is 0.776. The Morgan fingerprint density at radius 3 is 2.69 bits per heavy atom. The SMILES string of the molecule is CC[C@H]1NCC[C@H]1N1CCCCC1. The third-order valence-electron chi connectivity index (χ3n) is 3.61. The molecule has 2 fully saturated rings. The minimum absolute atomic E-state index is 0.776. The van der Waals surface area contributed by atoms with Crippen molar-refractivity contribution in [2.75, 3.05) is 19.6 Å². The summed E-state index contributed by atoms with van der Waals surface area (Å²) in [5, 5.41) is 3.61. The number of likely N-dealkylation sites (tertiary alicyclic amines) is 1. The number of nitrogens with zero attached hydrogens (tertiary/aromatic N) is 1. The maximum Gasteiger partial charge on any atom is 0.0261 e. The molecule has 0 bridgehead atoms. The Morgan fingerprint density at radius 2 is 2.00 bits per heavy atom. The molecule has 0 amide bonds. The summed E-state index contributed by atoms with van der Waals surface area (Å²) in [7, 11) is 0. The molecule has 1 N–H and O–H groups in total. The second kappa shape index (κ2) is 4.43. The first kappa shape index (κ1) is 9.47. The Hall–Kier alpha value is -0.0800. The summed E-state index contributed by atoms with van der Waals surface area (Å²) in [6.07, 6.45) is 6.97. The lowest BCUT2D eigenvalue weighted by Crippen LogP contribution is -2.45. The highest BCUT2D eigenvalue weighted by Gasteiger charge is 2.30. The summed E-state index contributed by atoms with van der Waals surface area (Å²) in [5.41, 5.74) is 0. The molecule has 2 aliphatic heterocycles. The summed E-state index contributed by atoms with van der Waals surface area (Å²) < 4.78 is 0. The van der Waals surface area contributed by atoms with Gasteiger partial charge in [0.1, 0.15) is 0 Å². The van der Waals surface area contributed by atoms with Crippen molar-refractivity contribution in [2.24, 2.45) is 0 Å². The average molecular weight is 182 g/mol. The summed E-state index contributed by atoms with van der Waals surface area (Å²) in [4.78, 5) is 2.72. The van der Waals surface area contributed by atoms with Gasteiger partial charge in [0.15, 0.2) is 0 Å². The van der Waals surface area contributed by atoms with Gasteiger partial charge in [-0.05, 0) is 45.3 Å². The lowest BCUT2D eigenvalue weighted by Gasteiger charge is -2.35. The van der Waals surface area contributed by atoms with Crippen LogP contribution in [0.4, 0.5) is 0 Å². The monoisotopic (exact) mass is 182 g/mol. The van der Waals surface area contributed by atoms with E-state index in [0.717, 1.165) is 12.1 Å². The lowest BCUT2D eigenvalue weighted by atomic mass is 10.0. The zero-order valence-electron chi connectivity index (χ0n) is 8.76. The average Bonchev–Trinajstić information content (AvgIpc) is 2.67. The Kier molecular flexibility index (Phi) is 3.23. The predicted octanol–water partition coefficient (Wildman–Crippen LogP) is 1.61. The van der Waals surface area contributed by atoms with Crippen LogP contribution < -0.4 is 5.32 Å². The smallest absolute Gasteiger partial charge is 0.0261 e. The summed E-state index contributed by atoms with van der Waals surface area (Å²) in [5.74, 6) is 0. The minimum Gasteiger partial charge on any atom is -0.312 e. The van der Waals surface area contributed by atoms with Crippen molar-refractivity contribution in [3.63, 3.8) is 0 Å². The van der Waals surface area contributed by atoms with Crippen LogP contribution in [0.3, 0.4) is 0 Å². The van der Waals surface area contributed by atoms with Crippen molar-refractivity contribution in [2.45, 2.75) is 51.1 Å². The van der Waals surface area contributed by atoms with Gasteiger partial charge in [0, 0.05) is 12.1 Å². The van der Waals surface area contributed by atoms with Gasteiger partial charge in [0.05, 0.1) is 0 Å². The molecule has 2 rings (SSSR count). The van der Waals surface area contributed by atoms with Gasteiger partial charge in [-0.2, -0.15) is 0 Å². The van der Waals surface area contributed by atoms with Crippen LogP contribution in [-0.2, 0) is 0 Å². The zero-order valence-corrected chi connectivity index (χ0v) is 8.76. The van der Waals surface area contributed by atoms with E-state index in [-0.39, 0.29) is 0 Å². The fraction of sp³-hybridized carbons (Fsp3) is 1.00. The van der Waals surface area contributed by atoms with Crippen molar-refractivity contribution >= 4 is 0 Å². The molecule has 2 heteroatoms. The highest BCUT2D eigenvalue weighted by Crippen LogP contribution is 2.21. The molecule has 0 spiro atoms. The Balaban J connectivity index is 1.90. The van der Waals surface area contributed by atoms with Gasteiger partial charge in [-0.25, -0.2) is 0 Å². The molecule has 0 aromatic heterocycles. The van der Waals surface area contributed by atoms with Gasteiger partial charge in [-0.1, -0.05) is 13.3 Å². The number of nitrogens with one attached hydrogen (secondary N) is 1. The molecule has 0 aromatic rings. The van der Waals surface area contributed by atoms with Gasteiger partial charge < -0.3 is 5.32 Å². The largest absolute Gasteiger partial charge is 0.312 e. The van der Waals surface area contributed by atoms with Crippen LogP contribution in [0.25, 0.3) is 0 Å². The van der Waals surface area contributed by atoms with E-state index in [1.807, 2.05) is 0 Å². The van der Waals surface area contributed by atoms with E-state index in [2.05, 4.69) is 17.1 Å². The van der Waals surface area contributed by atoms with Gasteiger partial charge in [0.2, 0.25) is 0 Å². The van der Waals surface area contributed by atoms with Gasteiger partial charge >= 0.3 is 0 Å². The summed E-state index contributed by atoms with van der Waals surface area (Å²) in [6.45, 7) is 6.24. The molecular weight excluding hydrogens is 160 g/mol. The molecule has 0 saturated carbocycles. The number of hydrogen-bond acceptors (Lipinski definition) is 2. The second-order valence-corrected chi connectivity index (χ2v) is 4.42. The predicted molar refractivity (Wildman–Crippen MR) is 55.9 cm³/mol. The molecular formula is C11H22N2. The van der Waals surface area contributed by atoms with Crippen LogP contribution in [0.15, 0.2) is 0 Å². The quantitative estimate of drug-likeness (QED) is 0.698. The molecule has 0 unspecified atom stereocenters. The van der Waals surface area contributed by atoms with Gasteiger partial charge in [0.25, 0.3) is 0 Å². The molecule has 2 heterocycles. The van der Waals surface area contributed by atoms with E-state index in [1.165, 1.54) is 51.7 Å². The fourth-order valence-corrected chi connectivity index (χ4v) is 2.86. The van der Waals surface area contributed by atoms with Crippen molar-refractivity contribution in [1.29, 1.82) is 0 Å². The van der Waals surface area contributed by atoms with E-state index in [9.17, 15) is 0 Å². The Morgan fingerprint density at radius 1 is 1.23 bits per heavy atom. The Labute approximate surface area is 81.7 Å². The van der Waals surface area contributed by atoms with Gasteiger partial charge in [-0.3, -0.25) is 4.90 Å². The topological polar surface area (TPSA) is 15.3 Å². The van der Waals surface area contributed by atoms with E-state index in [0.29, 0.717) is 0 Å². The second-order valence-electron chi connectivity index (χ2n) is 4.42. The van der Waals surface area contributed by atoms with Crippen molar-refractivity contribution in [3.8, 4) is 0 Å². The maximum absolute atomic E-state index is 3.61. The third-order valence-corrected chi connectivity index (χ3v) is 3.61. The van der Waals surface area contributed by atoms with Gasteiger partial charge in [-0.15, -0.1) is 0 Å². The first-order valence-corrected chi connectivity index (χ1v) is 5.89. The van der Waals surface area contributed by atoms with Crippen LogP contribution in [0.2, 0.25) is 0 Å². The maximum atomic E-state index is 3.61. The van der Waals surface area contributed by atoms with Crippen molar-refractivity contribution in [3.05, 3.63) is 0 Å². The van der Waals surface area contributed by atoms with E-state index in [1.54, 1.807) is 0 Å². The summed E-state index contributed by atoms with van der Waals surface area (Å²) in [6, 6.07) is 1.63. The van der Waals surface area contributed by atoms with Crippen LogP contribution in [0.5, 0.6) is 0 Å². The third kappa shape index (κ3) is 2.05. The molecule has 76 valence electrons. The number of hydrogen-bond donors (Lipinski definition) is 1. The van der Waals surface area contributed by atoms with Crippen molar-refractivity contribution in [1.82, 2.24) is 10.2 Å². The fourth-order valence-electron chi connectivity index (χ4n) is 2.86. The first-order chi connectivity index (χ1) is 6.42. The molecule has 0 aliphatic carbocycles. The standard InChI is InChI=1S/C11H22N2/c1-2-10-11(6-7-12-10)13-8-4-3-5-9-13/h10-12H,2-9H2,1H3/t10-,11-/m1/s1. The highest BCUT2D eigenvalue weighted by atomic mass is 15.2. The number of rotatable bonds is 2. The van der Waals surface area contributed by atoms with Crippen LogP contribution in [0.1, 0.15) is 39.0 Å². The van der Waals surface area contributed by atoms with E-state index < -0.39 is 0 Å². The molecule has 2 atom stereocenters. The molecule has 2 nitrogen and oxygen atoms in total. The Bertz CT molecular complexity index is 152. The summed E-state index contributed by atoms with van der Waals surface area (Å²) >= 11 is 0. The van der Waals surface area contributed by atoms with E-state index in [4.69, 9.17) is 0 Å². The first-order valence-electron chi connectivity index (χ1n) is 5.89. The molecule has 0 aromatic carbocycles.